The van der Waals surface area contributed by atoms with Gasteiger partial charge < -0.3 is 15.6 Å². The Bertz CT molecular complexity index is 628. The Morgan fingerprint density at radius 3 is 2.60 bits per heavy atom. The number of hydrogen-bond acceptors (Lipinski definition) is 3. The molecule has 0 aliphatic rings. The lowest BCUT2D eigenvalue weighted by Gasteiger charge is -2.11. The van der Waals surface area contributed by atoms with Crippen LogP contribution in [-0.4, -0.2) is 11.1 Å². The number of carbonyl (C=O) groups is 1. The van der Waals surface area contributed by atoms with E-state index in [1.54, 1.807) is 30.3 Å². The maximum Gasteiger partial charge on any atom is 0.307 e. The minimum Gasteiger partial charge on any atom is -0.487 e. The van der Waals surface area contributed by atoms with Crippen LogP contribution < -0.4 is 10.5 Å². The van der Waals surface area contributed by atoms with Gasteiger partial charge in [0.1, 0.15) is 12.4 Å². The number of carboxylic acid groups (broad SMARTS) is 1. The highest BCUT2D eigenvalue weighted by molar-refractivity contribution is 6.32. The molecule has 20 heavy (non-hydrogen) atoms. The zero-order valence-electron chi connectivity index (χ0n) is 10.7. The van der Waals surface area contributed by atoms with Crippen molar-refractivity contribution in [1.29, 1.82) is 0 Å². The van der Waals surface area contributed by atoms with E-state index in [4.69, 9.17) is 27.2 Å². The fourth-order valence-corrected chi connectivity index (χ4v) is 1.99. The van der Waals surface area contributed by atoms with Crippen molar-refractivity contribution in [3.63, 3.8) is 0 Å². The first kappa shape index (κ1) is 14.2. The molecule has 3 N–H and O–H groups in total. The SMILES string of the molecule is Nc1ccc(Cl)c(OCc2ccccc2CC(=O)O)c1. The van der Waals surface area contributed by atoms with Gasteiger partial charge in [-0.1, -0.05) is 35.9 Å². The molecular weight excluding hydrogens is 278 g/mol. The molecule has 2 rings (SSSR count). The number of anilines is 1. The molecule has 2 aromatic carbocycles. The van der Waals surface area contributed by atoms with Gasteiger partial charge in [-0.05, 0) is 23.3 Å². The molecule has 0 saturated heterocycles. The van der Waals surface area contributed by atoms with Crippen molar-refractivity contribution in [3.8, 4) is 5.75 Å². The Labute approximate surface area is 121 Å². The summed E-state index contributed by atoms with van der Waals surface area (Å²) in [6.07, 6.45) is -0.0375. The molecule has 0 spiro atoms. The molecule has 5 heteroatoms. The number of ether oxygens (including phenoxy) is 1. The van der Waals surface area contributed by atoms with Crippen LogP contribution in [-0.2, 0) is 17.8 Å². The van der Waals surface area contributed by atoms with E-state index in [0.717, 1.165) is 11.1 Å². The first-order valence-corrected chi connectivity index (χ1v) is 6.40. The predicted molar refractivity (Wildman–Crippen MR) is 78.0 cm³/mol. The molecule has 0 atom stereocenters. The average Bonchev–Trinajstić information content (AvgIpc) is 2.41. The number of hydrogen-bond donors (Lipinski definition) is 2. The number of nitrogens with two attached hydrogens (primary N) is 1. The Balaban J connectivity index is 2.14. The number of halogens is 1. The summed E-state index contributed by atoms with van der Waals surface area (Å²) >= 11 is 6.01. The van der Waals surface area contributed by atoms with Crippen LogP contribution in [0.2, 0.25) is 5.02 Å². The quantitative estimate of drug-likeness (QED) is 0.830. The van der Waals surface area contributed by atoms with Crippen LogP contribution in [0, 0.1) is 0 Å². The summed E-state index contributed by atoms with van der Waals surface area (Å²) in [4.78, 5) is 10.8. The van der Waals surface area contributed by atoms with Gasteiger partial charge in [-0.2, -0.15) is 0 Å². The second kappa shape index (κ2) is 6.30. The third-order valence-corrected chi connectivity index (χ3v) is 3.11. The summed E-state index contributed by atoms with van der Waals surface area (Å²) in [6.45, 7) is 0.243. The van der Waals surface area contributed by atoms with Crippen LogP contribution in [0.3, 0.4) is 0 Å². The molecule has 2 aromatic rings. The van der Waals surface area contributed by atoms with E-state index in [1.807, 2.05) is 12.1 Å². The summed E-state index contributed by atoms with van der Waals surface area (Å²) in [5.74, 6) is -0.392. The van der Waals surface area contributed by atoms with E-state index < -0.39 is 5.97 Å². The van der Waals surface area contributed by atoms with Gasteiger partial charge in [0.15, 0.2) is 0 Å². The van der Waals surface area contributed by atoms with E-state index in [0.29, 0.717) is 16.5 Å². The smallest absolute Gasteiger partial charge is 0.307 e. The Hall–Kier alpha value is -2.20. The second-order valence-electron chi connectivity index (χ2n) is 4.32. The Morgan fingerprint density at radius 2 is 1.90 bits per heavy atom. The van der Waals surface area contributed by atoms with Gasteiger partial charge in [-0.25, -0.2) is 0 Å². The van der Waals surface area contributed by atoms with Crippen molar-refractivity contribution in [2.45, 2.75) is 13.0 Å². The molecule has 0 aromatic heterocycles. The van der Waals surface area contributed by atoms with Gasteiger partial charge in [0.2, 0.25) is 0 Å². The van der Waals surface area contributed by atoms with Gasteiger partial charge >= 0.3 is 5.97 Å². The van der Waals surface area contributed by atoms with E-state index in [1.165, 1.54) is 0 Å². The summed E-state index contributed by atoms with van der Waals surface area (Å²) < 4.78 is 5.62. The van der Waals surface area contributed by atoms with Crippen molar-refractivity contribution in [3.05, 3.63) is 58.6 Å². The first-order valence-electron chi connectivity index (χ1n) is 6.02. The van der Waals surface area contributed by atoms with Crippen molar-refractivity contribution in [2.24, 2.45) is 0 Å². The molecule has 0 unspecified atom stereocenters. The lowest BCUT2D eigenvalue weighted by atomic mass is 10.1. The maximum atomic E-state index is 10.8. The minimum absolute atomic E-state index is 0.0375. The van der Waals surface area contributed by atoms with Crippen LogP contribution in [0.25, 0.3) is 0 Å². The third kappa shape index (κ3) is 3.65. The lowest BCUT2D eigenvalue weighted by molar-refractivity contribution is -0.136. The van der Waals surface area contributed by atoms with E-state index in [9.17, 15) is 4.79 Å². The fraction of sp³-hybridized carbons (Fsp3) is 0.133. The highest BCUT2D eigenvalue weighted by Gasteiger charge is 2.08. The number of rotatable bonds is 5. The van der Waals surface area contributed by atoms with Crippen LogP contribution in [0.15, 0.2) is 42.5 Å². The number of benzene rings is 2. The second-order valence-corrected chi connectivity index (χ2v) is 4.72. The summed E-state index contributed by atoms with van der Waals surface area (Å²) in [6, 6.07) is 12.2. The van der Waals surface area contributed by atoms with Gasteiger partial charge in [-0.15, -0.1) is 0 Å². The van der Waals surface area contributed by atoms with Gasteiger partial charge in [0.05, 0.1) is 11.4 Å². The highest BCUT2D eigenvalue weighted by Crippen LogP contribution is 2.27. The predicted octanol–water partition coefficient (Wildman–Crippen LogP) is 3.13. The van der Waals surface area contributed by atoms with Crippen molar-refractivity contribution in [1.82, 2.24) is 0 Å². The lowest BCUT2D eigenvalue weighted by Crippen LogP contribution is -2.06. The van der Waals surface area contributed by atoms with Gasteiger partial charge in [0.25, 0.3) is 0 Å². The first-order chi connectivity index (χ1) is 9.56. The number of carboxylic acids is 1. The maximum absolute atomic E-state index is 10.8. The standard InChI is InChI=1S/C15H14ClNO3/c16-13-6-5-12(17)8-14(13)20-9-11-4-2-1-3-10(11)7-15(18)19/h1-6,8H,7,9,17H2,(H,18,19). The van der Waals surface area contributed by atoms with Crippen LogP contribution in [0.5, 0.6) is 5.75 Å². The Kier molecular flexibility index (Phi) is 4.48. The van der Waals surface area contributed by atoms with E-state index in [-0.39, 0.29) is 13.0 Å². The zero-order valence-corrected chi connectivity index (χ0v) is 11.4. The van der Waals surface area contributed by atoms with Gasteiger partial charge in [-0.3, -0.25) is 4.79 Å². The molecule has 104 valence electrons. The molecule has 0 fully saturated rings. The van der Waals surface area contributed by atoms with Crippen molar-refractivity contribution < 1.29 is 14.6 Å². The summed E-state index contributed by atoms with van der Waals surface area (Å²) in [5, 5.41) is 9.35. The van der Waals surface area contributed by atoms with Crippen molar-refractivity contribution >= 4 is 23.3 Å². The molecule has 0 aliphatic carbocycles. The third-order valence-electron chi connectivity index (χ3n) is 2.80. The van der Waals surface area contributed by atoms with Crippen LogP contribution >= 0.6 is 11.6 Å². The summed E-state index contributed by atoms with van der Waals surface area (Å²) in [5.41, 5.74) is 7.77. The molecule has 0 aliphatic heterocycles. The topological polar surface area (TPSA) is 72.5 Å². The minimum atomic E-state index is -0.876. The molecule has 0 heterocycles. The molecule has 0 radical (unpaired) electrons. The van der Waals surface area contributed by atoms with Crippen LogP contribution in [0.1, 0.15) is 11.1 Å². The number of aliphatic carboxylic acids is 1. The molecule has 4 nitrogen and oxygen atoms in total. The van der Waals surface area contributed by atoms with E-state index in [2.05, 4.69) is 0 Å². The monoisotopic (exact) mass is 291 g/mol. The Morgan fingerprint density at radius 1 is 1.20 bits per heavy atom. The normalized spacial score (nSPS) is 10.2. The fourth-order valence-electron chi connectivity index (χ4n) is 1.82. The van der Waals surface area contributed by atoms with Gasteiger partial charge in [0, 0.05) is 11.8 Å². The van der Waals surface area contributed by atoms with Crippen LogP contribution in [0.4, 0.5) is 5.69 Å². The average molecular weight is 292 g/mol. The largest absolute Gasteiger partial charge is 0.487 e. The van der Waals surface area contributed by atoms with Crippen molar-refractivity contribution in [2.75, 3.05) is 5.73 Å². The zero-order chi connectivity index (χ0) is 14.5. The molecule has 0 bridgehead atoms. The molecule has 0 amide bonds. The summed E-state index contributed by atoms with van der Waals surface area (Å²) in [7, 11) is 0. The molecular formula is C15H14ClNO3. The highest BCUT2D eigenvalue weighted by atomic mass is 35.5. The molecule has 0 saturated carbocycles. The van der Waals surface area contributed by atoms with E-state index >= 15 is 0 Å². The number of nitrogen functional groups attached to an aromatic ring is 1.